The minimum absolute atomic E-state index is 0.0877. The number of benzene rings is 1. The summed E-state index contributed by atoms with van der Waals surface area (Å²) in [6.07, 6.45) is 5.00. The smallest absolute Gasteiger partial charge is 0.270 e. The molecule has 0 fully saturated rings. The van der Waals surface area contributed by atoms with Crippen LogP contribution in [0.15, 0.2) is 36.5 Å². The molecule has 1 aromatic heterocycles. The van der Waals surface area contributed by atoms with E-state index in [0.717, 1.165) is 23.6 Å². The first-order valence-corrected chi connectivity index (χ1v) is 7.36. The third kappa shape index (κ3) is 4.65. The average Bonchev–Trinajstić information content (AvgIpc) is 2.47. The van der Waals surface area contributed by atoms with Crippen molar-refractivity contribution in [1.82, 2.24) is 10.3 Å². The lowest BCUT2D eigenvalue weighted by Gasteiger charge is -2.06. The van der Waals surface area contributed by atoms with Crippen molar-refractivity contribution in [2.45, 2.75) is 40.0 Å². The van der Waals surface area contributed by atoms with E-state index < -0.39 is 0 Å². The van der Waals surface area contributed by atoms with Crippen molar-refractivity contribution < 1.29 is 4.79 Å². The topological polar surface area (TPSA) is 42.0 Å². The second-order valence-corrected chi connectivity index (χ2v) is 4.70. The fourth-order valence-electron chi connectivity index (χ4n) is 1.76. The zero-order chi connectivity index (χ0) is 14.8. The molecule has 0 aliphatic rings. The van der Waals surface area contributed by atoms with Gasteiger partial charge in [0.1, 0.15) is 5.69 Å². The van der Waals surface area contributed by atoms with Crippen LogP contribution in [0.2, 0.25) is 0 Å². The Morgan fingerprint density at radius 2 is 1.85 bits per heavy atom. The lowest BCUT2D eigenvalue weighted by atomic mass is 10.1. The summed E-state index contributed by atoms with van der Waals surface area (Å²) in [5.41, 5.74) is 0.513. The summed E-state index contributed by atoms with van der Waals surface area (Å²) in [4.78, 5) is 16.1. The van der Waals surface area contributed by atoms with Crippen LogP contribution in [0.4, 0.5) is 0 Å². The van der Waals surface area contributed by atoms with Crippen molar-refractivity contribution in [2.75, 3.05) is 6.54 Å². The Balaban J connectivity index is 0.000000612. The standard InChI is InChI=1S/C14H16N2O.C3H8/c1-2-3-9-16-14(17)13-12-7-5-4-6-11(12)8-10-15-13;1-3-2/h4-8,10H,2-3,9H2,1H3,(H,16,17);3H2,1-2H3. The molecule has 3 nitrogen and oxygen atoms in total. The number of hydrogen-bond acceptors (Lipinski definition) is 2. The van der Waals surface area contributed by atoms with Crippen LogP contribution in [0.1, 0.15) is 50.5 Å². The van der Waals surface area contributed by atoms with E-state index in [-0.39, 0.29) is 5.91 Å². The average molecular weight is 272 g/mol. The molecule has 20 heavy (non-hydrogen) atoms. The van der Waals surface area contributed by atoms with Crippen molar-refractivity contribution in [3.63, 3.8) is 0 Å². The summed E-state index contributed by atoms with van der Waals surface area (Å²) in [5, 5.41) is 4.84. The molecule has 0 radical (unpaired) electrons. The number of rotatable bonds is 4. The number of unbranched alkanes of at least 4 members (excludes halogenated alkanes) is 1. The first kappa shape index (κ1) is 16.2. The summed E-state index contributed by atoms with van der Waals surface area (Å²) >= 11 is 0. The third-order valence-corrected chi connectivity index (χ3v) is 2.70. The molecule has 2 aromatic rings. The fourth-order valence-corrected chi connectivity index (χ4v) is 1.76. The zero-order valence-electron chi connectivity index (χ0n) is 12.6. The van der Waals surface area contributed by atoms with Gasteiger partial charge < -0.3 is 5.32 Å². The number of amides is 1. The zero-order valence-corrected chi connectivity index (χ0v) is 12.6. The third-order valence-electron chi connectivity index (χ3n) is 2.70. The van der Waals surface area contributed by atoms with Crippen LogP contribution >= 0.6 is 0 Å². The summed E-state index contributed by atoms with van der Waals surface area (Å²) < 4.78 is 0. The van der Waals surface area contributed by atoms with E-state index in [1.165, 1.54) is 6.42 Å². The molecule has 0 saturated carbocycles. The number of hydrogen-bond donors (Lipinski definition) is 1. The lowest BCUT2D eigenvalue weighted by Crippen LogP contribution is -2.25. The van der Waals surface area contributed by atoms with Crippen LogP contribution in [0, 0.1) is 0 Å². The van der Waals surface area contributed by atoms with Crippen LogP contribution in [-0.4, -0.2) is 17.4 Å². The summed E-state index contributed by atoms with van der Waals surface area (Å²) in [5.74, 6) is -0.0877. The van der Waals surface area contributed by atoms with Gasteiger partial charge in [-0.25, -0.2) is 0 Å². The molecule has 0 atom stereocenters. The van der Waals surface area contributed by atoms with E-state index in [9.17, 15) is 4.79 Å². The maximum atomic E-state index is 12.0. The van der Waals surface area contributed by atoms with Crippen molar-refractivity contribution in [3.05, 3.63) is 42.2 Å². The van der Waals surface area contributed by atoms with Gasteiger partial charge in [-0.15, -0.1) is 0 Å². The fraction of sp³-hybridized carbons (Fsp3) is 0.412. The summed E-state index contributed by atoms with van der Waals surface area (Å²) in [7, 11) is 0. The highest BCUT2D eigenvalue weighted by atomic mass is 16.1. The summed E-state index contributed by atoms with van der Waals surface area (Å²) in [6.45, 7) is 7.06. The Hall–Kier alpha value is -1.90. The number of carbonyl (C=O) groups is 1. The molecule has 1 heterocycles. The number of aromatic nitrogens is 1. The van der Waals surface area contributed by atoms with E-state index >= 15 is 0 Å². The van der Waals surface area contributed by atoms with Crippen LogP contribution < -0.4 is 5.32 Å². The molecule has 1 N–H and O–H groups in total. The van der Waals surface area contributed by atoms with Crippen LogP contribution in [0.5, 0.6) is 0 Å². The minimum Gasteiger partial charge on any atom is -0.351 e. The van der Waals surface area contributed by atoms with Gasteiger partial charge >= 0.3 is 0 Å². The van der Waals surface area contributed by atoms with Crippen molar-refractivity contribution in [3.8, 4) is 0 Å². The van der Waals surface area contributed by atoms with Crippen LogP contribution in [0.25, 0.3) is 10.8 Å². The molecule has 108 valence electrons. The molecule has 1 aromatic carbocycles. The van der Waals surface area contributed by atoms with Gasteiger partial charge in [-0.05, 0) is 17.9 Å². The van der Waals surface area contributed by atoms with Gasteiger partial charge in [0.2, 0.25) is 0 Å². The molecule has 0 aliphatic heterocycles. The van der Waals surface area contributed by atoms with E-state index in [0.29, 0.717) is 12.2 Å². The van der Waals surface area contributed by atoms with Gasteiger partial charge in [0, 0.05) is 18.1 Å². The number of pyridine rings is 1. The molecule has 2 rings (SSSR count). The van der Waals surface area contributed by atoms with Crippen molar-refractivity contribution in [2.24, 2.45) is 0 Å². The van der Waals surface area contributed by atoms with Gasteiger partial charge in [0.25, 0.3) is 5.91 Å². The molecule has 1 amide bonds. The minimum atomic E-state index is -0.0877. The molecule has 0 unspecified atom stereocenters. The number of nitrogens with one attached hydrogen (secondary N) is 1. The van der Waals surface area contributed by atoms with Crippen LogP contribution in [0.3, 0.4) is 0 Å². The number of nitrogens with zero attached hydrogens (tertiary/aromatic N) is 1. The Bertz CT molecular complexity index is 532. The molecule has 0 spiro atoms. The Kier molecular flexibility index (Phi) is 7.33. The Morgan fingerprint density at radius 1 is 1.15 bits per heavy atom. The molecule has 3 heteroatoms. The van der Waals surface area contributed by atoms with Gasteiger partial charge in [-0.2, -0.15) is 0 Å². The van der Waals surface area contributed by atoms with E-state index in [1.807, 2.05) is 30.3 Å². The largest absolute Gasteiger partial charge is 0.351 e. The maximum absolute atomic E-state index is 12.0. The second-order valence-electron chi connectivity index (χ2n) is 4.70. The highest BCUT2D eigenvalue weighted by molar-refractivity contribution is 6.05. The van der Waals surface area contributed by atoms with Gasteiger partial charge in [0.05, 0.1) is 0 Å². The maximum Gasteiger partial charge on any atom is 0.270 e. The SMILES string of the molecule is CCC.CCCCNC(=O)c1nccc2ccccc12. The number of fused-ring (bicyclic) bond motifs is 1. The summed E-state index contributed by atoms with van der Waals surface area (Å²) in [6, 6.07) is 9.71. The molecule has 0 saturated heterocycles. The molecular weight excluding hydrogens is 248 g/mol. The first-order chi connectivity index (χ1) is 9.74. The van der Waals surface area contributed by atoms with Crippen molar-refractivity contribution in [1.29, 1.82) is 0 Å². The van der Waals surface area contributed by atoms with Crippen LogP contribution in [-0.2, 0) is 0 Å². The van der Waals surface area contributed by atoms with Gasteiger partial charge in [-0.3, -0.25) is 9.78 Å². The molecule has 0 aliphatic carbocycles. The van der Waals surface area contributed by atoms with E-state index in [1.54, 1.807) is 6.20 Å². The monoisotopic (exact) mass is 272 g/mol. The Morgan fingerprint density at radius 3 is 2.55 bits per heavy atom. The lowest BCUT2D eigenvalue weighted by molar-refractivity contribution is 0.0950. The normalized spacial score (nSPS) is 9.75. The van der Waals surface area contributed by atoms with E-state index in [4.69, 9.17) is 0 Å². The van der Waals surface area contributed by atoms with E-state index in [2.05, 4.69) is 31.1 Å². The molecular formula is C17H24N2O. The van der Waals surface area contributed by atoms with Gasteiger partial charge in [-0.1, -0.05) is 57.9 Å². The van der Waals surface area contributed by atoms with Crippen molar-refractivity contribution >= 4 is 16.7 Å². The highest BCUT2D eigenvalue weighted by Gasteiger charge is 2.09. The quantitative estimate of drug-likeness (QED) is 0.848. The second kappa shape index (κ2) is 9.08. The van der Waals surface area contributed by atoms with Gasteiger partial charge in [0.15, 0.2) is 0 Å². The molecule has 0 bridgehead atoms. The number of carbonyl (C=O) groups excluding carboxylic acids is 1. The Labute approximate surface area is 121 Å². The predicted octanol–water partition coefficient (Wildman–Crippen LogP) is 4.18. The highest BCUT2D eigenvalue weighted by Crippen LogP contribution is 2.15. The first-order valence-electron chi connectivity index (χ1n) is 7.36. The predicted molar refractivity (Wildman–Crippen MR) is 84.9 cm³/mol.